The summed E-state index contributed by atoms with van der Waals surface area (Å²) in [6.45, 7) is 11.7. The summed E-state index contributed by atoms with van der Waals surface area (Å²) in [5, 5.41) is 23.9. The van der Waals surface area contributed by atoms with Crippen LogP contribution in [-0.2, 0) is 19.1 Å². The van der Waals surface area contributed by atoms with Crippen molar-refractivity contribution >= 4 is 40.9 Å². The topological polar surface area (TPSA) is 106 Å². The molecule has 0 spiro atoms. The molecule has 7 nitrogen and oxygen atoms in total. The van der Waals surface area contributed by atoms with Crippen LogP contribution in [0.1, 0.15) is 85.8 Å². The number of thioether (sulfide) groups is 1. The predicted octanol–water partition coefficient (Wildman–Crippen LogP) is 5.53. The number of Topliss-reactive ketones (excluding diaryl/α,β-unsaturated/α-hetero) is 1. The van der Waals surface area contributed by atoms with Crippen LogP contribution < -0.4 is 0 Å². The van der Waals surface area contributed by atoms with Crippen molar-refractivity contribution in [2.45, 2.75) is 108 Å². The first-order chi connectivity index (χ1) is 17.8. The number of aromatic nitrogens is 1. The van der Waals surface area contributed by atoms with Crippen LogP contribution in [0.15, 0.2) is 15.3 Å². The number of esters is 1. The second kappa shape index (κ2) is 12.9. The van der Waals surface area contributed by atoms with Gasteiger partial charge in [0.15, 0.2) is 0 Å². The van der Waals surface area contributed by atoms with E-state index in [1.54, 1.807) is 43.9 Å². The number of hydrogen-bond donors (Lipinski definition) is 2. The van der Waals surface area contributed by atoms with Crippen molar-refractivity contribution in [1.29, 1.82) is 0 Å². The van der Waals surface area contributed by atoms with E-state index in [1.807, 2.05) is 31.6 Å². The minimum Gasteiger partial charge on any atom is -0.458 e. The van der Waals surface area contributed by atoms with Gasteiger partial charge in [-0.05, 0) is 69.3 Å². The molecule has 0 unspecified atom stereocenters. The molecule has 0 amide bonds. The molecule has 0 saturated carbocycles. The Morgan fingerprint density at radius 3 is 2.58 bits per heavy atom. The van der Waals surface area contributed by atoms with Crippen LogP contribution in [0.4, 0.5) is 0 Å². The number of carbonyl (C=O) groups is 2. The van der Waals surface area contributed by atoms with E-state index in [4.69, 9.17) is 9.47 Å². The molecule has 9 heteroatoms. The summed E-state index contributed by atoms with van der Waals surface area (Å²) in [5.74, 6) is -1.35. The number of aliphatic hydroxyl groups excluding tert-OH is 2. The molecule has 0 radical (unpaired) electrons. The Morgan fingerprint density at radius 2 is 1.92 bits per heavy atom. The van der Waals surface area contributed by atoms with Gasteiger partial charge in [0.1, 0.15) is 16.2 Å². The lowest BCUT2D eigenvalue weighted by atomic mass is 9.72. The molecule has 0 aliphatic carbocycles. The van der Waals surface area contributed by atoms with Crippen LogP contribution in [0, 0.1) is 23.2 Å². The zero-order valence-corrected chi connectivity index (χ0v) is 25.5. The van der Waals surface area contributed by atoms with Crippen molar-refractivity contribution in [3.8, 4) is 0 Å². The van der Waals surface area contributed by atoms with E-state index in [-0.39, 0.29) is 29.6 Å². The van der Waals surface area contributed by atoms with Gasteiger partial charge in [-0.25, -0.2) is 4.98 Å². The fraction of sp³-hybridized carbons (Fsp3) is 0.759. The van der Waals surface area contributed by atoms with Gasteiger partial charge in [-0.2, -0.15) is 0 Å². The number of ketones is 1. The molecule has 0 bridgehead atoms. The first kappa shape index (κ1) is 31.3. The van der Waals surface area contributed by atoms with E-state index in [2.05, 4.69) is 11.9 Å². The number of hydrogen-bond acceptors (Lipinski definition) is 9. The van der Waals surface area contributed by atoms with Gasteiger partial charge in [-0.3, -0.25) is 9.59 Å². The van der Waals surface area contributed by atoms with Gasteiger partial charge in [0.2, 0.25) is 0 Å². The Morgan fingerprint density at radius 1 is 1.21 bits per heavy atom. The highest BCUT2D eigenvalue weighted by molar-refractivity contribution is 8.00. The summed E-state index contributed by atoms with van der Waals surface area (Å²) in [6, 6.07) is 0. The minimum absolute atomic E-state index is 0.0783. The molecule has 2 aliphatic heterocycles. The van der Waals surface area contributed by atoms with Crippen molar-refractivity contribution in [2.75, 3.05) is 12.9 Å². The third-order valence-electron chi connectivity index (χ3n) is 8.76. The van der Waals surface area contributed by atoms with Crippen molar-refractivity contribution in [3.63, 3.8) is 0 Å². The van der Waals surface area contributed by atoms with Crippen molar-refractivity contribution in [3.05, 3.63) is 16.6 Å². The monoisotopic (exact) mass is 567 g/mol. The third kappa shape index (κ3) is 7.27. The molecule has 1 aromatic rings. The molecule has 2 aliphatic rings. The van der Waals surface area contributed by atoms with E-state index in [9.17, 15) is 19.8 Å². The second-order valence-corrected chi connectivity index (χ2v) is 13.9. The first-order valence-electron chi connectivity index (χ1n) is 13.7. The van der Waals surface area contributed by atoms with Gasteiger partial charge in [-0.1, -0.05) is 45.9 Å². The molecule has 7 atom stereocenters. The minimum atomic E-state index is -1.23. The summed E-state index contributed by atoms with van der Waals surface area (Å²) >= 11 is 3.17. The fourth-order valence-electron chi connectivity index (χ4n) is 5.81. The third-order valence-corrected chi connectivity index (χ3v) is 10.6. The van der Waals surface area contributed by atoms with Gasteiger partial charge in [-0.15, -0.1) is 11.3 Å². The average Bonchev–Trinajstić information content (AvgIpc) is 3.47. The Bertz CT molecular complexity index is 1010. The quantitative estimate of drug-likeness (QED) is 0.363. The molecule has 1 aromatic heterocycles. The Labute approximate surface area is 235 Å². The maximum absolute atomic E-state index is 13.3. The lowest BCUT2D eigenvalue weighted by molar-refractivity contribution is -0.155. The average molecular weight is 568 g/mol. The molecule has 0 aromatic carbocycles. The predicted molar refractivity (Wildman–Crippen MR) is 152 cm³/mol. The molecular formula is C29H45NO6S2. The summed E-state index contributed by atoms with van der Waals surface area (Å²) in [6.07, 6.45) is 5.05. The molecule has 2 fully saturated rings. The zero-order valence-electron chi connectivity index (χ0n) is 23.9. The van der Waals surface area contributed by atoms with Crippen LogP contribution >= 0.6 is 23.1 Å². The van der Waals surface area contributed by atoms with Crippen molar-refractivity contribution < 1.29 is 29.3 Å². The highest BCUT2D eigenvalue weighted by Crippen LogP contribution is 2.41. The summed E-state index contributed by atoms with van der Waals surface area (Å²) < 4.78 is 13.2. The van der Waals surface area contributed by atoms with Gasteiger partial charge in [0.25, 0.3) is 0 Å². The molecule has 2 saturated heterocycles. The first-order valence-corrected chi connectivity index (χ1v) is 15.8. The number of fused-ring (bicyclic) bond motifs is 1. The lowest BCUT2D eigenvalue weighted by Gasteiger charge is -2.36. The lowest BCUT2D eigenvalue weighted by Crippen LogP contribution is -2.46. The molecular weight excluding hydrogens is 522 g/mol. The normalized spacial score (nSPS) is 36.1. The van der Waals surface area contributed by atoms with E-state index < -0.39 is 35.6 Å². The molecule has 38 heavy (non-hydrogen) atoms. The number of nitrogens with zero attached hydrogens (tertiary/aromatic N) is 1. The van der Waals surface area contributed by atoms with Gasteiger partial charge in [0.05, 0.1) is 35.3 Å². The number of aliphatic hydroxyl groups is 2. The van der Waals surface area contributed by atoms with E-state index in [0.29, 0.717) is 13.0 Å². The number of rotatable bonds is 3. The highest BCUT2D eigenvalue weighted by atomic mass is 32.2. The van der Waals surface area contributed by atoms with E-state index in [0.717, 1.165) is 41.3 Å². The van der Waals surface area contributed by atoms with Crippen molar-refractivity contribution in [1.82, 2.24) is 4.98 Å². The molecule has 3 heterocycles. The number of cyclic esters (lactones) is 1. The molecule has 214 valence electrons. The van der Waals surface area contributed by atoms with Gasteiger partial charge >= 0.3 is 5.97 Å². The van der Waals surface area contributed by atoms with Gasteiger partial charge in [0, 0.05) is 17.9 Å². The van der Waals surface area contributed by atoms with Crippen LogP contribution in [0.2, 0.25) is 0 Å². The van der Waals surface area contributed by atoms with E-state index >= 15 is 0 Å². The molecule has 2 N–H and O–H groups in total. The largest absolute Gasteiger partial charge is 0.458 e. The van der Waals surface area contributed by atoms with E-state index in [1.165, 1.54) is 0 Å². The van der Waals surface area contributed by atoms with Crippen LogP contribution in [0.3, 0.4) is 0 Å². The van der Waals surface area contributed by atoms with Crippen molar-refractivity contribution in [2.24, 2.45) is 23.2 Å². The number of carbonyl (C=O) groups excluding carboxylic acids is 2. The highest BCUT2D eigenvalue weighted by Gasteiger charge is 2.44. The summed E-state index contributed by atoms with van der Waals surface area (Å²) in [4.78, 5) is 31.1. The Hall–Kier alpha value is -1.26. The maximum Gasteiger partial charge on any atom is 0.309 e. The molecule has 3 rings (SSSR count). The van der Waals surface area contributed by atoms with Crippen LogP contribution in [0.5, 0.6) is 0 Å². The number of ether oxygens (including phenoxy) is 2. The number of thiazole rings is 1. The SMILES string of the molecule is CSc1nc(/C=C(\C)[C@@H]2C[C@@H]3CCO[C@]3(C)CCC[C@H](C)[C@H](O)[C@@H](C)C(=O)C(C)(C)[C@@H](O)CC(=O)O2)cs1. The second-order valence-electron chi connectivity index (χ2n) is 11.9. The van der Waals surface area contributed by atoms with Gasteiger partial charge < -0.3 is 19.7 Å². The maximum atomic E-state index is 13.3. The van der Waals surface area contributed by atoms with Crippen LogP contribution in [0.25, 0.3) is 6.08 Å². The van der Waals surface area contributed by atoms with Crippen LogP contribution in [-0.4, -0.2) is 63.7 Å². The Balaban J connectivity index is 1.92. The smallest absolute Gasteiger partial charge is 0.309 e. The Kier molecular flexibility index (Phi) is 10.6. The fourth-order valence-corrected chi connectivity index (χ4v) is 7.03. The zero-order chi connectivity index (χ0) is 28.3. The summed E-state index contributed by atoms with van der Waals surface area (Å²) in [5.41, 5.74) is 0.159. The summed E-state index contributed by atoms with van der Waals surface area (Å²) in [7, 11) is 0. The standard InChI is InChI=1S/C29H45NO6S2/c1-17-9-8-11-29(6)20(10-12-35-29)14-22(18(2)13-21-16-38-27(30-21)37-7)36-24(32)15-23(31)28(4,5)26(34)19(3)25(17)33/h13,16-17,19-20,22-23,25,31,33H,8-12,14-15H2,1-7H3/b18-13+/t17-,19+,20-,22-,23-,25-,29+/m0/s1.